The van der Waals surface area contributed by atoms with Gasteiger partial charge in [0.2, 0.25) is 0 Å². The van der Waals surface area contributed by atoms with E-state index in [1.807, 2.05) is 54.6 Å². The molecule has 0 radical (unpaired) electrons. The minimum atomic E-state index is 0.621. The molecule has 0 fully saturated rings. The molecule has 0 aliphatic carbocycles. The van der Waals surface area contributed by atoms with Gasteiger partial charge in [0.25, 0.3) is 0 Å². The third-order valence-electron chi connectivity index (χ3n) is 8.92. The molecule has 0 spiro atoms. The fraction of sp³-hybridized carbons (Fsp3) is 0. The van der Waals surface area contributed by atoms with Crippen LogP contribution in [0.25, 0.3) is 88.4 Å². The second-order valence-corrected chi connectivity index (χ2v) is 11.6. The molecule has 0 unspecified atom stereocenters. The van der Waals surface area contributed by atoms with Crippen LogP contribution in [0.4, 0.5) is 0 Å². The van der Waals surface area contributed by atoms with Gasteiger partial charge in [0.15, 0.2) is 0 Å². The van der Waals surface area contributed by atoms with E-state index < -0.39 is 0 Å². The maximum absolute atomic E-state index is 9.91. The third kappa shape index (κ3) is 4.13. The van der Waals surface area contributed by atoms with E-state index in [0.29, 0.717) is 5.56 Å². The van der Waals surface area contributed by atoms with Crippen molar-refractivity contribution in [3.05, 3.63) is 157 Å². The van der Waals surface area contributed by atoms with Gasteiger partial charge in [0.1, 0.15) is 22.3 Å². The monoisotopic (exact) mass is 587 g/mol. The number of nitrogens with zero attached hydrogens (tertiary/aromatic N) is 1. The molecule has 9 aromatic rings. The molecule has 0 aliphatic heterocycles. The first-order chi connectivity index (χ1) is 22.7. The van der Waals surface area contributed by atoms with Gasteiger partial charge in [-0.3, -0.25) is 0 Å². The highest BCUT2D eigenvalue weighted by molar-refractivity contribution is 6.10. The summed E-state index contributed by atoms with van der Waals surface area (Å²) in [7, 11) is 0. The van der Waals surface area contributed by atoms with Crippen molar-refractivity contribution in [3.63, 3.8) is 0 Å². The fourth-order valence-electron chi connectivity index (χ4n) is 6.82. The molecule has 3 heteroatoms. The van der Waals surface area contributed by atoms with Crippen LogP contribution in [0.5, 0.6) is 0 Å². The molecule has 0 saturated heterocycles. The predicted molar refractivity (Wildman–Crippen MR) is 187 cm³/mol. The van der Waals surface area contributed by atoms with E-state index in [4.69, 9.17) is 8.83 Å². The maximum Gasteiger partial charge on any atom is 0.135 e. The molecule has 214 valence electrons. The van der Waals surface area contributed by atoms with E-state index in [0.717, 1.165) is 88.4 Å². The van der Waals surface area contributed by atoms with E-state index in [2.05, 4.69) is 103 Å². The van der Waals surface area contributed by atoms with Crippen molar-refractivity contribution in [2.45, 2.75) is 0 Å². The van der Waals surface area contributed by atoms with Crippen molar-refractivity contribution in [3.8, 4) is 50.6 Å². The van der Waals surface area contributed by atoms with E-state index >= 15 is 0 Å². The normalized spacial score (nSPS) is 11.5. The summed E-state index contributed by atoms with van der Waals surface area (Å²) in [4.78, 5) is 0. The standard InChI is InChI=1S/C43H25NO2/c44-26-27-9-8-12-31(23-27)43-33(30-18-22-41-37(25-30)35-14-5-7-16-39(35)46-41)20-19-32(42(43)28-10-2-1-3-11-28)29-17-21-40-36(24-29)34-13-4-6-15-38(34)45-40/h1-25H. The molecule has 3 nitrogen and oxygen atoms in total. The average Bonchev–Trinajstić information content (AvgIpc) is 3.69. The van der Waals surface area contributed by atoms with Gasteiger partial charge in [0.05, 0.1) is 11.6 Å². The van der Waals surface area contributed by atoms with Crippen molar-refractivity contribution in [1.29, 1.82) is 5.26 Å². The lowest BCUT2D eigenvalue weighted by Gasteiger charge is -2.21. The van der Waals surface area contributed by atoms with Gasteiger partial charge in [-0.1, -0.05) is 103 Å². The highest BCUT2D eigenvalue weighted by Gasteiger charge is 2.21. The number of rotatable bonds is 4. The quantitative estimate of drug-likeness (QED) is 0.206. The molecule has 0 N–H and O–H groups in total. The first kappa shape index (κ1) is 26.1. The highest BCUT2D eigenvalue weighted by atomic mass is 16.3. The lowest BCUT2D eigenvalue weighted by atomic mass is 9.82. The van der Waals surface area contributed by atoms with Crippen LogP contribution in [0, 0.1) is 11.3 Å². The Hall–Kier alpha value is -6.37. The average molecular weight is 588 g/mol. The summed E-state index contributed by atoms with van der Waals surface area (Å²) in [5.41, 5.74) is 12.7. The Morgan fingerprint density at radius 2 is 0.870 bits per heavy atom. The SMILES string of the molecule is N#Cc1cccc(-c2c(-c3ccc4oc5ccccc5c4c3)ccc(-c3ccc4oc5ccccc5c4c3)c2-c2ccccc2)c1. The Labute approximate surface area is 265 Å². The van der Waals surface area contributed by atoms with E-state index in [9.17, 15) is 5.26 Å². The van der Waals surface area contributed by atoms with Crippen LogP contribution in [0.3, 0.4) is 0 Å². The van der Waals surface area contributed by atoms with Crippen LogP contribution in [0.1, 0.15) is 5.56 Å². The molecule has 0 amide bonds. The van der Waals surface area contributed by atoms with Crippen LogP contribution in [-0.4, -0.2) is 0 Å². The number of benzene rings is 7. The van der Waals surface area contributed by atoms with Crippen LogP contribution in [0.2, 0.25) is 0 Å². The van der Waals surface area contributed by atoms with Crippen LogP contribution in [-0.2, 0) is 0 Å². The smallest absolute Gasteiger partial charge is 0.135 e. The lowest BCUT2D eigenvalue weighted by molar-refractivity contribution is 0.668. The highest BCUT2D eigenvalue weighted by Crippen LogP contribution is 2.47. The Morgan fingerprint density at radius 3 is 1.46 bits per heavy atom. The van der Waals surface area contributed by atoms with Crippen LogP contribution >= 0.6 is 0 Å². The minimum absolute atomic E-state index is 0.621. The summed E-state index contributed by atoms with van der Waals surface area (Å²) in [6, 6.07) is 54.5. The van der Waals surface area contributed by atoms with Crippen LogP contribution < -0.4 is 0 Å². The fourth-order valence-corrected chi connectivity index (χ4v) is 6.82. The van der Waals surface area contributed by atoms with Gasteiger partial charge in [-0.15, -0.1) is 0 Å². The summed E-state index contributed by atoms with van der Waals surface area (Å²) in [6.45, 7) is 0. The summed E-state index contributed by atoms with van der Waals surface area (Å²) >= 11 is 0. The van der Waals surface area contributed by atoms with Crippen molar-refractivity contribution in [2.75, 3.05) is 0 Å². The molecular weight excluding hydrogens is 562 g/mol. The van der Waals surface area contributed by atoms with Gasteiger partial charge in [0, 0.05) is 21.5 Å². The Morgan fingerprint density at radius 1 is 0.370 bits per heavy atom. The molecule has 9 rings (SSSR count). The zero-order valence-electron chi connectivity index (χ0n) is 24.7. The van der Waals surface area contributed by atoms with Crippen molar-refractivity contribution < 1.29 is 8.83 Å². The van der Waals surface area contributed by atoms with E-state index in [-0.39, 0.29) is 0 Å². The number of hydrogen-bond acceptors (Lipinski definition) is 3. The third-order valence-corrected chi connectivity index (χ3v) is 8.92. The maximum atomic E-state index is 9.91. The molecular formula is C43H25NO2. The largest absolute Gasteiger partial charge is 0.456 e. The number of nitriles is 1. The zero-order chi connectivity index (χ0) is 30.6. The minimum Gasteiger partial charge on any atom is -0.456 e. The van der Waals surface area contributed by atoms with Crippen molar-refractivity contribution in [1.82, 2.24) is 0 Å². The number of furan rings is 2. The van der Waals surface area contributed by atoms with E-state index in [1.165, 1.54) is 0 Å². The van der Waals surface area contributed by atoms with Crippen molar-refractivity contribution >= 4 is 43.9 Å². The number of fused-ring (bicyclic) bond motifs is 6. The lowest BCUT2D eigenvalue weighted by Crippen LogP contribution is -1.95. The predicted octanol–water partition coefficient (Wildman–Crippen LogP) is 12.0. The topological polar surface area (TPSA) is 50.1 Å². The Kier molecular flexibility index (Phi) is 5.88. The molecule has 46 heavy (non-hydrogen) atoms. The first-order valence-electron chi connectivity index (χ1n) is 15.3. The molecule has 0 saturated carbocycles. The Balaban J connectivity index is 1.38. The second-order valence-electron chi connectivity index (χ2n) is 11.6. The van der Waals surface area contributed by atoms with Gasteiger partial charge in [-0.25, -0.2) is 0 Å². The number of para-hydroxylation sites is 2. The van der Waals surface area contributed by atoms with E-state index in [1.54, 1.807) is 0 Å². The molecule has 0 aliphatic rings. The van der Waals surface area contributed by atoms with Gasteiger partial charge in [-0.2, -0.15) is 5.26 Å². The second kappa shape index (κ2) is 10.4. The summed E-state index contributed by atoms with van der Waals surface area (Å²) < 4.78 is 12.3. The molecule has 0 bridgehead atoms. The van der Waals surface area contributed by atoms with Gasteiger partial charge >= 0.3 is 0 Å². The Bertz CT molecular complexity index is 2650. The number of hydrogen-bond donors (Lipinski definition) is 0. The van der Waals surface area contributed by atoms with Crippen LogP contribution in [0.15, 0.2) is 160 Å². The van der Waals surface area contributed by atoms with Gasteiger partial charge in [-0.05, 0) is 93.0 Å². The molecule has 0 atom stereocenters. The molecule has 2 aromatic heterocycles. The first-order valence-corrected chi connectivity index (χ1v) is 15.3. The summed E-state index contributed by atoms with van der Waals surface area (Å²) in [5, 5.41) is 14.3. The molecule has 2 heterocycles. The van der Waals surface area contributed by atoms with Gasteiger partial charge < -0.3 is 8.83 Å². The van der Waals surface area contributed by atoms with Crippen molar-refractivity contribution in [2.24, 2.45) is 0 Å². The molecule has 7 aromatic carbocycles. The zero-order valence-corrected chi connectivity index (χ0v) is 24.7. The summed E-state index contributed by atoms with van der Waals surface area (Å²) in [5.74, 6) is 0. The summed E-state index contributed by atoms with van der Waals surface area (Å²) in [6.07, 6.45) is 0.